The molecule has 4 rings (SSSR count). The molecule has 0 unspecified atom stereocenters. The molecule has 3 nitrogen and oxygen atoms in total. The molecule has 150 valence electrons. The molecule has 0 saturated heterocycles. The lowest BCUT2D eigenvalue weighted by molar-refractivity contribution is 1.28. The fourth-order valence-electron chi connectivity index (χ4n) is 3.12. The molecule has 4 aromatic carbocycles. The topological polar surface area (TPSA) is 27.6 Å². The smallest absolute Gasteiger partial charge is 0.0561 e. The van der Waals surface area contributed by atoms with E-state index in [-0.39, 0.29) is 12.4 Å². The Labute approximate surface area is 184 Å². The largest absolute Gasteiger partial charge is 0.311 e. The Morgan fingerprint density at radius 1 is 0.633 bits per heavy atom. The van der Waals surface area contributed by atoms with Crippen LogP contribution in [0.25, 0.3) is 0 Å². The van der Waals surface area contributed by atoms with E-state index in [1.54, 1.807) is 0 Å². The lowest BCUT2D eigenvalue weighted by atomic mass is 10.1. The number of anilines is 4. The minimum Gasteiger partial charge on any atom is -0.311 e. The van der Waals surface area contributed by atoms with Gasteiger partial charge in [-0.05, 0) is 61.0 Å². The van der Waals surface area contributed by atoms with E-state index in [1.165, 1.54) is 5.56 Å². The summed E-state index contributed by atoms with van der Waals surface area (Å²) in [6.07, 6.45) is 1.83. The van der Waals surface area contributed by atoms with Crippen molar-refractivity contribution >= 4 is 41.4 Å². The summed E-state index contributed by atoms with van der Waals surface area (Å²) in [5.41, 5.74) is 9.67. The van der Waals surface area contributed by atoms with Gasteiger partial charge in [0.1, 0.15) is 0 Å². The maximum atomic E-state index is 4.34. The van der Waals surface area contributed by atoms with E-state index in [1.807, 2.05) is 30.5 Å². The van der Waals surface area contributed by atoms with Crippen molar-refractivity contribution in [2.24, 2.45) is 5.10 Å². The molecule has 0 bridgehead atoms. The number of hydrazone groups is 1. The Morgan fingerprint density at radius 3 is 1.67 bits per heavy atom. The first-order valence-corrected chi connectivity index (χ1v) is 9.66. The molecule has 0 heterocycles. The molecule has 0 aliphatic rings. The monoisotopic (exact) mass is 413 g/mol. The zero-order valence-electron chi connectivity index (χ0n) is 16.8. The lowest BCUT2D eigenvalue weighted by Gasteiger charge is -2.25. The Hall–Kier alpha value is -3.56. The molecule has 0 aliphatic carbocycles. The zero-order valence-corrected chi connectivity index (χ0v) is 17.6. The summed E-state index contributed by atoms with van der Waals surface area (Å²) in [6.45, 7) is 2.07. The molecule has 0 atom stereocenters. The third-order valence-electron chi connectivity index (χ3n) is 4.64. The van der Waals surface area contributed by atoms with Gasteiger partial charge in [0.2, 0.25) is 0 Å². The third kappa shape index (κ3) is 5.28. The Balaban J connectivity index is 0.00000256. The lowest BCUT2D eigenvalue weighted by Crippen LogP contribution is -2.09. The van der Waals surface area contributed by atoms with Gasteiger partial charge in [-0.3, -0.25) is 5.43 Å². The van der Waals surface area contributed by atoms with Crippen molar-refractivity contribution in [3.63, 3.8) is 0 Å². The number of hydrogen-bond donors (Lipinski definition) is 1. The summed E-state index contributed by atoms with van der Waals surface area (Å²) < 4.78 is 0. The molecule has 0 radical (unpaired) electrons. The van der Waals surface area contributed by atoms with Gasteiger partial charge in [-0.2, -0.15) is 5.10 Å². The van der Waals surface area contributed by atoms with Crippen LogP contribution < -0.4 is 10.3 Å². The number of benzene rings is 4. The van der Waals surface area contributed by atoms with Crippen LogP contribution in [0.2, 0.25) is 0 Å². The molecule has 0 amide bonds. The first-order chi connectivity index (χ1) is 14.3. The summed E-state index contributed by atoms with van der Waals surface area (Å²) in [6, 6.07) is 37.3. The number of nitrogens with one attached hydrogen (secondary N) is 1. The fourth-order valence-corrected chi connectivity index (χ4v) is 3.12. The second-order valence-corrected chi connectivity index (χ2v) is 6.83. The number of hydrogen-bond acceptors (Lipinski definition) is 3. The predicted molar refractivity (Wildman–Crippen MR) is 131 cm³/mol. The highest BCUT2D eigenvalue weighted by Crippen LogP contribution is 2.33. The number of nitrogens with zero attached hydrogens (tertiary/aromatic N) is 2. The minimum atomic E-state index is 0. The van der Waals surface area contributed by atoms with Crippen molar-refractivity contribution in [1.29, 1.82) is 0 Å². The number of rotatable bonds is 6. The molecule has 0 saturated carbocycles. The van der Waals surface area contributed by atoms with Crippen LogP contribution in [-0.2, 0) is 0 Å². The second-order valence-electron chi connectivity index (χ2n) is 6.83. The van der Waals surface area contributed by atoms with Crippen molar-refractivity contribution in [1.82, 2.24) is 0 Å². The summed E-state index contributed by atoms with van der Waals surface area (Å²) in [5, 5.41) is 4.34. The quantitative estimate of drug-likeness (QED) is 0.264. The molecule has 0 aromatic heterocycles. The Kier molecular flexibility index (Phi) is 7.25. The van der Waals surface area contributed by atoms with Gasteiger partial charge in [-0.1, -0.05) is 66.2 Å². The van der Waals surface area contributed by atoms with E-state index in [9.17, 15) is 0 Å². The molecule has 0 spiro atoms. The van der Waals surface area contributed by atoms with E-state index >= 15 is 0 Å². The highest BCUT2D eigenvalue weighted by atomic mass is 35.5. The van der Waals surface area contributed by atoms with Crippen LogP contribution in [0.15, 0.2) is 114 Å². The normalized spacial score (nSPS) is 10.4. The first-order valence-electron chi connectivity index (χ1n) is 9.66. The van der Waals surface area contributed by atoms with Crippen LogP contribution in [0.4, 0.5) is 22.7 Å². The Morgan fingerprint density at radius 2 is 1.13 bits per heavy atom. The fraction of sp³-hybridized carbons (Fsp3) is 0.0385. The van der Waals surface area contributed by atoms with Gasteiger partial charge in [0.25, 0.3) is 0 Å². The first kappa shape index (κ1) is 21.2. The third-order valence-corrected chi connectivity index (χ3v) is 4.64. The molecule has 4 aromatic rings. The zero-order chi connectivity index (χ0) is 19.9. The minimum absolute atomic E-state index is 0. The van der Waals surface area contributed by atoms with Crippen LogP contribution in [0.1, 0.15) is 11.1 Å². The maximum Gasteiger partial charge on any atom is 0.0561 e. The van der Waals surface area contributed by atoms with Gasteiger partial charge in [0, 0.05) is 17.1 Å². The maximum absolute atomic E-state index is 4.34. The van der Waals surface area contributed by atoms with Gasteiger partial charge in [-0.15, -0.1) is 12.4 Å². The molecule has 0 aliphatic heterocycles. The second kappa shape index (κ2) is 10.3. The van der Waals surface area contributed by atoms with E-state index in [0.717, 1.165) is 28.3 Å². The highest BCUT2D eigenvalue weighted by Gasteiger charge is 2.11. The van der Waals surface area contributed by atoms with Crippen LogP contribution in [0.3, 0.4) is 0 Å². The van der Waals surface area contributed by atoms with E-state index < -0.39 is 0 Å². The predicted octanol–water partition coefficient (Wildman–Crippen LogP) is 7.33. The SMILES string of the molecule is Cc1ccc(N/N=C/c2ccc(N(c3ccccc3)c3ccccc3)cc2)cc1.Cl. The van der Waals surface area contributed by atoms with Crippen molar-refractivity contribution in [3.05, 3.63) is 120 Å². The summed E-state index contributed by atoms with van der Waals surface area (Å²) in [7, 11) is 0. The molecule has 4 heteroatoms. The summed E-state index contributed by atoms with van der Waals surface area (Å²) in [5.74, 6) is 0. The van der Waals surface area contributed by atoms with Gasteiger partial charge >= 0.3 is 0 Å². The number of para-hydroxylation sites is 2. The molecule has 30 heavy (non-hydrogen) atoms. The van der Waals surface area contributed by atoms with Gasteiger partial charge in [0.15, 0.2) is 0 Å². The van der Waals surface area contributed by atoms with Crippen molar-refractivity contribution in [2.75, 3.05) is 10.3 Å². The van der Waals surface area contributed by atoms with E-state index in [2.05, 4.69) is 107 Å². The molecule has 1 N–H and O–H groups in total. The molecular weight excluding hydrogens is 390 g/mol. The van der Waals surface area contributed by atoms with Gasteiger partial charge in [-0.25, -0.2) is 0 Å². The summed E-state index contributed by atoms with van der Waals surface area (Å²) >= 11 is 0. The molecular formula is C26H24ClN3. The molecule has 0 fully saturated rings. The van der Waals surface area contributed by atoms with Crippen LogP contribution >= 0.6 is 12.4 Å². The van der Waals surface area contributed by atoms with Crippen molar-refractivity contribution in [2.45, 2.75) is 6.92 Å². The number of halogens is 1. The van der Waals surface area contributed by atoms with Gasteiger partial charge < -0.3 is 4.90 Å². The van der Waals surface area contributed by atoms with Gasteiger partial charge in [0.05, 0.1) is 11.9 Å². The van der Waals surface area contributed by atoms with Crippen molar-refractivity contribution in [3.8, 4) is 0 Å². The van der Waals surface area contributed by atoms with Crippen LogP contribution in [0.5, 0.6) is 0 Å². The standard InChI is InChI=1S/C26H23N3.ClH/c1-21-12-16-23(17-13-21)28-27-20-22-14-18-26(19-15-22)29(24-8-4-2-5-9-24)25-10-6-3-7-11-25;/h2-20,28H,1H3;1H/b27-20+;. The summed E-state index contributed by atoms with van der Waals surface area (Å²) in [4.78, 5) is 2.24. The van der Waals surface area contributed by atoms with Crippen molar-refractivity contribution < 1.29 is 0 Å². The Bertz CT molecular complexity index is 1020. The highest BCUT2D eigenvalue weighted by molar-refractivity contribution is 5.85. The average Bonchev–Trinajstić information content (AvgIpc) is 2.78. The van der Waals surface area contributed by atoms with Crippen LogP contribution in [0, 0.1) is 6.92 Å². The average molecular weight is 414 g/mol. The van der Waals surface area contributed by atoms with E-state index in [4.69, 9.17) is 0 Å². The van der Waals surface area contributed by atoms with E-state index in [0.29, 0.717) is 0 Å². The van der Waals surface area contributed by atoms with Crippen LogP contribution in [-0.4, -0.2) is 6.21 Å². The number of aryl methyl sites for hydroxylation is 1.